The number of thioether (sulfide) groups is 1. The summed E-state index contributed by atoms with van der Waals surface area (Å²) in [5.74, 6) is -0.799. The quantitative estimate of drug-likeness (QED) is 0.880. The van der Waals surface area contributed by atoms with Crippen molar-refractivity contribution < 1.29 is 14.3 Å². The van der Waals surface area contributed by atoms with Gasteiger partial charge in [0.1, 0.15) is 5.82 Å². The Hall–Kier alpha value is -1.23. The Morgan fingerprint density at radius 3 is 2.76 bits per heavy atom. The predicted octanol–water partition coefficient (Wildman–Crippen LogP) is 2.71. The van der Waals surface area contributed by atoms with E-state index in [0.717, 1.165) is 5.75 Å². The number of benzene rings is 1. The lowest BCUT2D eigenvalue weighted by Gasteiger charge is -2.28. The van der Waals surface area contributed by atoms with E-state index in [9.17, 15) is 9.18 Å². The number of anilines is 1. The van der Waals surface area contributed by atoms with Gasteiger partial charge in [-0.2, -0.15) is 11.8 Å². The second-order valence-electron chi connectivity index (χ2n) is 3.86. The van der Waals surface area contributed by atoms with Gasteiger partial charge in [0.2, 0.25) is 0 Å². The van der Waals surface area contributed by atoms with Crippen LogP contribution in [0.4, 0.5) is 10.1 Å². The molecule has 17 heavy (non-hydrogen) atoms. The number of hydrogen-bond donors (Lipinski definition) is 1. The van der Waals surface area contributed by atoms with Crippen molar-refractivity contribution in [3.63, 3.8) is 0 Å². The van der Waals surface area contributed by atoms with Crippen LogP contribution in [-0.4, -0.2) is 36.2 Å². The Kier molecular flexibility index (Phi) is 4.81. The molecule has 0 saturated carbocycles. The fourth-order valence-electron chi connectivity index (χ4n) is 1.62. The van der Waals surface area contributed by atoms with Crippen molar-refractivity contribution in [3.8, 4) is 0 Å². The van der Waals surface area contributed by atoms with Crippen LogP contribution < -0.4 is 4.90 Å². The molecule has 0 bridgehead atoms. The number of carboxylic acid groups (broad SMARTS) is 1. The molecular weight excluding hydrogens is 241 g/mol. The maximum absolute atomic E-state index is 13.7. The Bertz CT molecular complexity index is 411. The second kappa shape index (κ2) is 5.91. The van der Waals surface area contributed by atoms with E-state index in [2.05, 4.69) is 0 Å². The molecule has 0 aromatic heterocycles. The molecule has 1 N–H and O–H groups in total. The second-order valence-corrected chi connectivity index (χ2v) is 4.77. The van der Waals surface area contributed by atoms with Crippen molar-refractivity contribution in [2.24, 2.45) is 0 Å². The van der Waals surface area contributed by atoms with Gasteiger partial charge in [-0.1, -0.05) is 6.07 Å². The zero-order valence-corrected chi connectivity index (χ0v) is 10.9. The van der Waals surface area contributed by atoms with E-state index in [-0.39, 0.29) is 17.3 Å². The molecule has 0 spiro atoms. The van der Waals surface area contributed by atoms with Gasteiger partial charge in [-0.05, 0) is 25.3 Å². The largest absolute Gasteiger partial charge is 0.478 e. The number of nitrogens with zero attached hydrogens (tertiary/aromatic N) is 1. The first-order chi connectivity index (χ1) is 7.99. The van der Waals surface area contributed by atoms with Crippen molar-refractivity contribution in [2.75, 3.05) is 24.0 Å². The van der Waals surface area contributed by atoms with Gasteiger partial charge in [0, 0.05) is 18.8 Å². The molecule has 1 atom stereocenters. The molecule has 94 valence electrons. The summed E-state index contributed by atoms with van der Waals surface area (Å²) < 4.78 is 13.7. The molecule has 1 rings (SSSR count). The number of halogens is 1. The third-order valence-electron chi connectivity index (χ3n) is 2.64. The number of rotatable bonds is 5. The van der Waals surface area contributed by atoms with Crippen molar-refractivity contribution in [3.05, 3.63) is 29.6 Å². The average molecular weight is 257 g/mol. The summed E-state index contributed by atoms with van der Waals surface area (Å²) in [5.41, 5.74) is 0.155. The Morgan fingerprint density at radius 2 is 2.24 bits per heavy atom. The lowest BCUT2D eigenvalue weighted by molar-refractivity contribution is 0.0697. The van der Waals surface area contributed by atoms with Gasteiger partial charge in [0.05, 0.1) is 11.3 Å². The Labute approximate surface area is 105 Å². The minimum atomic E-state index is -1.11. The SMILES string of the molecule is CSCC(C)N(C)c1c(F)cccc1C(=O)O. The third kappa shape index (κ3) is 3.12. The summed E-state index contributed by atoms with van der Waals surface area (Å²) in [7, 11) is 1.71. The summed E-state index contributed by atoms with van der Waals surface area (Å²) in [6, 6.07) is 4.18. The van der Waals surface area contributed by atoms with Crippen LogP contribution in [0.15, 0.2) is 18.2 Å². The van der Waals surface area contributed by atoms with Gasteiger partial charge in [-0.3, -0.25) is 0 Å². The van der Waals surface area contributed by atoms with E-state index < -0.39 is 11.8 Å². The van der Waals surface area contributed by atoms with E-state index >= 15 is 0 Å². The summed E-state index contributed by atoms with van der Waals surface area (Å²) in [4.78, 5) is 12.7. The highest BCUT2D eigenvalue weighted by atomic mass is 32.2. The summed E-state index contributed by atoms with van der Waals surface area (Å²) in [5, 5.41) is 9.05. The fraction of sp³-hybridized carbons (Fsp3) is 0.417. The number of para-hydroxylation sites is 1. The third-order valence-corrected chi connectivity index (χ3v) is 3.45. The highest BCUT2D eigenvalue weighted by Crippen LogP contribution is 2.25. The summed E-state index contributed by atoms with van der Waals surface area (Å²) in [6.07, 6.45) is 1.96. The van der Waals surface area contributed by atoms with E-state index in [1.807, 2.05) is 13.2 Å². The summed E-state index contributed by atoms with van der Waals surface area (Å²) >= 11 is 1.64. The minimum absolute atomic E-state index is 0.000420. The van der Waals surface area contributed by atoms with Crippen LogP contribution in [0.2, 0.25) is 0 Å². The molecule has 0 aliphatic rings. The molecule has 1 aromatic rings. The standard InChI is InChI=1S/C12H16FNO2S/c1-8(7-17-3)14(2)11-9(12(15)16)5-4-6-10(11)13/h4-6,8H,7H2,1-3H3,(H,15,16). The molecule has 0 radical (unpaired) electrons. The van der Waals surface area contributed by atoms with Gasteiger partial charge in [-0.25, -0.2) is 9.18 Å². The molecule has 0 saturated heterocycles. The molecule has 3 nitrogen and oxygen atoms in total. The molecule has 0 heterocycles. The number of carbonyl (C=O) groups is 1. The van der Waals surface area contributed by atoms with Crippen LogP contribution in [0.5, 0.6) is 0 Å². The van der Waals surface area contributed by atoms with Crippen molar-refractivity contribution in [1.29, 1.82) is 0 Å². The lowest BCUT2D eigenvalue weighted by Crippen LogP contribution is -2.32. The van der Waals surface area contributed by atoms with Gasteiger partial charge >= 0.3 is 5.97 Å². The molecule has 0 aliphatic carbocycles. The van der Waals surface area contributed by atoms with Crippen LogP contribution in [0.25, 0.3) is 0 Å². The molecule has 1 aromatic carbocycles. The van der Waals surface area contributed by atoms with E-state index in [4.69, 9.17) is 5.11 Å². The van der Waals surface area contributed by atoms with Gasteiger partial charge < -0.3 is 10.0 Å². The van der Waals surface area contributed by atoms with Crippen LogP contribution in [0.3, 0.4) is 0 Å². The van der Waals surface area contributed by atoms with Gasteiger partial charge in [0.15, 0.2) is 0 Å². The Balaban J connectivity index is 3.15. The maximum atomic E-state index is 13.7. The van der Waals surface area contributed by atoms with Crippen molar-refractivity contribution in [2.45, 2.75) is 13.0 Å². The monoisotopic (exact) mass is 257 g/mol. The zero-order valence-electron chi connectivity index (χ0n) is 10.1. The molecule has 5 heteroatoms. The van der Waals surface area contributed by atoms with Crippen molar-refractivity contribution >= 4 is 23.4 Å². The normalized spacial score (nSPS) is 12.2. The van der Waals surface area contributed by atoms with Crippen LogP contribution in [0.1, 0.15) is 17.3 Å². The fourth-order valence-corrected chi connectivity index (χ4v) is 2.33. The highest BCUT2D eigenvalue weighted by Gasteiger charge is 2.20. The molecule has 0 amide bonds. The average Bonchev–Trinajstić information content (AvgIpc) is 2.28. The predicted molar refractivity (Wildman–Crippen MR) is 69.6 cm³/mol. The topological polar surface area (TPSA) is 40.5 Å². The van der Waals surface area contributed by atoms with Crippen LogP contribution >= 0.6 is 11.8 Å². The first-order valence-electron chi connectivity index (χ1n) is 5.22. The van der Waals surface area contributed by atoms with Crippen LogP contribution in [-0.2, 0) is 0 Å². The Morgan fingerprint density at radius 1 is 1.59 bits per heavy atom. The first-order valence-corrected chi connectivity index (χ1v) is 6.62. The lowest BCUT2D eigenvalue weighted by atomic mass is 10.1. The minimum Gasteiger partial charge on any atom is -0.478 e. The maximum Gasteiger partial charge on any atom is 0.337 e. The molecule has 0 aliphatic heterocycles. The number of carboxylic acids is 1. The first kappa shape index (κ1) is 13.8. The van der Waals surface area contributed by atoms with E-state index in [1.165, 1.54) is 18.2 Å². The molecular formula is C12H16FNO2S. The van der Waals surface area contributed by atoms with Gasteiger partial charge in [-0.15, -0.1) is 0 Å². The van der Waals surface area contributed by atoms with E-state index in [1.54, 1.807) is 23.7 Å². The van der Waals surface area contributed by atoms with E-state index in [0.29, 0.717) is 0 Å². The zero-order chi connectivity index (χ0) is 13.0. The highest BCUT2D eigenvalue weighted by molar-refractivity contribution is 7.98. The number of hydrogen-bond acceptors (Lipinski definition) is 3. The summed E-state index contributed by atoms with van der Waals surface area (Å²) in [6.45, 7) is 1.94. The smallest absolute Gasteiger partial charge is 0.337 e. The molecule has 0 fully saturated rings. The van der Waals surface area contributed by atoms with Crippen molar-refractivity contribution in [1.82, 2.24) is 0 Å². The van der Waals surface area contributed by atoms with Gasteiger partial charge in [0.25, 0.3) is 0 Å². The van der Waals surface area contributed by atoms with Crippen LogP contribution in [0, 0.1) is 5.82 Å². The molecule has 1 unspecified atom stereocenters. The number of aromatic carboxylic acids is 1.